The number of fused-ring (bicyclic) bond motifs is 3. The number of hydrogen-bond donors (Lipinski definition) is 1. The molecule has 0 amide bonds. The molecule has 8 nitrogen and oxygen atoms in total. The number of anilines is 1. The molecule has 0 saturated carbocycles. The minimum Gasteiger partial charge on any atom is -0.461 e. The Morgan fingerprint density at radius 3 is 2.67 bits per heavy atom. The first-order valence-electron chi connectivity index (χ1n) is 14.8. The third-order valence-electron chi connectivity index (χ3n) is 9.46. The number of ether oxygens (including phenoxy) is 1. The molecule has 3 aromatic heterocycles. The van der Waals surface area contributed by atoms with Crippen LogP contribution in [0.4, 0.5) is 10.2 Å². The molecule has 0 radical (unpaired) electrons. The van der Waals surface area contributed by atoms with E-state index in [1.807, 2.05) is 48.8 Å². The van der Waals surface area contributed by atoms with E-state index in [1.165, 1.54) is 12.8 Å². The molecule has 1 N–H and O–H groups in total. The van der Waals surface area contributed by atoms with E-state index in [4.69, 9.17) is 26.3 Å². The third-order valence-corrected chi connectivity index (χ3v) is 9.78. The lowest BCUT2D eigenvalue weighted by molar-refractivity contribution is 0.108. The van der Waals surface area contributed by atoms with Gasteiger partial charge in [0.1, 0.15) is 23.6 Å². The van der Waals surface area contributed by atoms with Crippen molar-refractivity contribution in [3.8, 4) is 17.3 Å². The van der Waals surface area contributed by atoms with Crippen LogP contribution < -0.4 is 9.64 Å². The maximum atomic E-state index is 16.7. The second-order valence-electron chi connectivity index (χ2n) is 11.7. The van der Waals surface area contributed by atoms with E-state index < -0.39 is 5.82 Å². The Morgan fingerprint density at radius 2 is 1.86 bits per heavy atom. The first kappa shape index (κ1) is 25.9. The number of hydrogen-bond acceptors (Lipinski definition) is 7. The van der Waals surface area contributed by atoms with Crippen LogP contribution in [0.3, 0.4) is 0 Å². The number of H-pyrrole nitrogens is 1. The van der Waals surface area contributed by atoms with Crippen molar-refractivity contribution < 1.29 is 9.13 Å². The maximum Gasteiger partial charge on any atom is 0.319 e. The van der Waals surface area contributed by atoms with Crippen molar-refractivity contribution >= 4 is 39.1 Å². The number of aromatic amines is 1. The van der Waals surface area contributed by atoms with Crippen molar-refractivity contribution in [2.45, 2.75) is 50.1 Å². The van der Waals surface area contributed by atoms with E-state index >= 15 is 4.39 Å². The molecule has 0 aliphatic carbocycles. The second kappa shape index (κ2) is 10.2. The Balaban J connectivity index is 1.27. The number of aromatic nitrogens is 5. The molecule has 1 atom stereocenters. The fraction of sp³-hybridized carbons (Fsp3) is 0.375. The van der Waals surface area contributed by atoms with Gasteiger partial charge < -0.3 is 9.64 Å². The number of rotatable bonds is 6. The van der Waals surface area contributed by atoms with Crippen LogP contribution in [0.5, 0.6) is 6.01 Å². The predicted molar refractivity (Wildman–Crippen MR) is 161 cm³/mol. The lowest BCUT2D eigenvalue weighted by Crippen LogP contribution is -2.43. The summed E-state index contributed by atoms with van der Waals surface area (Å²) < 4.78 is 23.1. The highest BCUT2D eigenvalue weighted by Gasteiger charge is 2.45. The van der Waals surface area contributed by atoms with Crippen LogP contribution in [0.25, 0.3) is 32.9 Å². The molecule has 3 aliphatic rings. The summed E-state index contributed by atoms with van der Waals surface area (Å²) in [5.41, 5.74) is 2.13. The minimum atomic E-state index is -0.506. The van der Waals surface area contributed by atoms with Crippen LogP contribution in [-0.2, 0) is 0 Å². The summed E-state index contributed by atoms with van der Waals surface area (Å²) in [5, 5.41) is 9.90. The molecule has 0 spiro atoms. The van der Waals surface area contributed by atoms with Gasteiger partial charge in [-0.25, -0.2) is 4.39 Å². The Morgan fingerprint density at radius 1 is 1.02 bits per heavy atom. The summed E-state index contributed by atoms with van der Waals surface area (Å²) in [5.74, 6) is 0.133. The smallest absolute Gasteiger partial charge is 0.319 e. The van der Waals surface area contributed by atoms with Gasteiger partial charge >= 0.3 is 6.01 Å². The van der Waals surface area contributed by atoms with Gasteiger partial charge in [-0.15, -0.1) is 0 Å². The lowest BCUT2D eigenvalue weighted by Gasteiger charge is -2.31. The fourth-order valence-electron chi connectivity index (χ4n) is 7.46. The summed E-state index contributed by atoms with van der Waals surface area (Å²) in [7, 11) is 0. The molecule has 42 heavy (non-hydrogen) atoms. The van der Waals surface area contributed by atoms with Gasteiger partial charge in [0.15, 0.2) is 5.82 Å². The van der Waals surface area contributed by atoms with Crippen molar-refractivity contribution in [1.82, 2.24) is 30.0 Å². The van der Waals surface area contributed by atoms with Crippen molar-refractivity contribution in [3.63, 3.8) is 0 Å². The molecule has 6 heterocycles. The van der Waals surface area contributed by atoms with Gasteiger partial charge in [-0.2, -0.15) is 15.1 Å². The van der Waals surface area contributed by atoms with E-state index in [1.54, 1.807) is 6.20 Å². The Bertz CT molecular complexity index is 1780. The van der Waals surface area contributed by atoms with Crippen LogP contribution >= 0.6 is 11.6 Å². The molecule has 214 valence electrons. The molecular weight excluding hydrogens is 553 g/mol. The summed E-state index contributed by atoms with van der Waals surface area (Å²) >= 11 is 6.62. The summed E-state index contributed by atoms with van der Waals surface area (Å²) in [6.07, 6.45) is 11.9. The quantitative estimate of drug-likeness (QED) is 0.238. The van der Waals surface area contributed by atoms with Crippen LogP contribution in [0.1, 0.15) is 50.1 Å². The first-order chi connectivity index (χ1) is 20.6. The monoisotopic (exact) mass is 583 g/mol. The highest BCUT2D eigenvalue weighted by Crippen LogP contribution is 2.42. The topological polar surface area (TPSA) is 83.1 Å². The number of halogens is 2. The van der Waals surface area contributed by atoms with Gasteiger partial charge in [-0.05, 0) is 63.1 Å². The van der Waals surface area contributed by atoms with Gasteiger partial charge in [0.05, 0.1) is 23.2 Å². The standard InChI is InChI=1S/C32H31ClFN7O/c33-24-9-2-7-20-6-1-8-22(26(20)24)28-27(34)29-23(18-35-28)30(41-15-3-10-25(41)21-16-36-37-17-21)39-31(38-29)42-19-32-11-4-13-40(32)14-5-12-32/h1-2,6-9,16-18,25H,3-5,10-15,19H2,(H,36,37). The van der Waals surface area contributed by atoms with Gasteiger partial charge in [0.25, 0.3) is 0 Å². The van der Waals surface area contributed by atoms with Gasteiger partial charge in [-0.1, -0.05) is 41.9 Å². The number of nitrogens with one attached hydrogen (secondary N) is 1. The zero-order valence-corrected chi connectivity index (χ0v) is 23.9. The molecule has 3 fully saturated rings. The summed E-state index contributed by atoms with van der Waals surface area (Å²) in [6, 6.07) is 11.7. The van der Waals surface area contributed by atoms with Crippen molar-refractivity contribution in [2.75, 3.05) is 31.1 Å². The Kier molecular flexibility index (Phi) is 6.26. The molecule has 3 aliphatic heterocycles. The summed E-state index contributed by atoms with van der Waals surface area (Å²) in [4.78, 5) is 19.1. The molecule has 3 saturated heterocycles. The van der Waals surface area contributed by atoms with Crippen LogP contribution in [0.2, 0.25) is 5.02 Å². The molecule has 1 unspecified atom stereocenters. The van der Waals surface area contributed by atoms with Crippen molar-refractivity contribution in [2.24, 2.45) is 0 Å². The normalized spacial score (nSPS) is 20.1. The molecule has 8 rings (SSSR count). The fourth-order valence-corrected chi connectivity index (χ4v) is 7.74. The Hall–Kier alpha value is -3.82. The maximum absolute atomic E-state index is 16.7. The van der Waals surface area contributed by atoms with Gasteiger partial charge in [0.2, 0.25) is 0 Å². The van der Waals surface area contributed by atoms with E-state index in [9.17, 15) is 0 Å². The SMILES string of the molecule is Fc1c(-c2cccc3cccc(Cl)c23)ncc2c(N3CCCC3c3cn[nH]c3)nc(OCC34CCCN3CCC4)nc12. The van der Waals surface area contributed by atoms with Gasteiger partial charge in [0, 0.05) is 40.5 Å². The highest BCUT2D eigenvalue weighted by molar-refractivity contribution is 6.36. The first-order valence-corrected chi connectivity index (χ1v) is 15.2. The second-order valence-corrected chi connectivity index (χ2v) is 12.2. The highest BCUT2D eigenvalue weighted by atomic mass is 35.5. The number of benzene rings is 2. The van der Waals surface area contributed by atoms with E-state index in [2.05, 4.69) is 25.0 Å². The zero-order chi connectivity index (χ0) is 28.3. The van der Waals surface area contributed by atoms with Crippen molar-refractivity contribution in [3.05, 3.63) is 71.4 Å². The summed E-state index contributed by atoms with van der Waals surface area (Å²) in [6.45, 7) is 3.48. The molecule has 5 aromatic rings. The molecule has 0 bridgehead atoms. The predicted octanol–water partition coefficient (Wildman–Crippen LogP) is 6.71. The van der Waals surface area contributed by atoms with Crippen LogP contribution in [0.15, 0.2) is 55.0 Å². The molecule has 10 heteroatoms. The number of nitrogens with zero attached hydrogens (tertiary/aromatic N) is 6. The van der Waals surface area contributed by atoms with E-state index in [-0.39, 0.29) is 28.8 Å². The molecular formula is C32H31ClFN7O. The van der Waals surface area contributed by atoms with Crippen LogP contribution in [0, 0.1) is 5.82 Å². The van der Waals surface area contributed by atoms with Crippen LogP contribution in [-0.4, -0.2) is 61.8 Å². The lowest BCUT2D eigenvalue weighted by atomic mass is 9.95. The number of pyridine rings is 1. The van der Waals surface area contributed by atoms with E-state index in [0.717, 1.165) is 61.7 Å². The minimum absolute atomic E-state index is 0.0209. The van der Waals surface area contributed by atoms with E-state index in [0.29, 0.717) is 28.4 Å². The average Bonchev–Trinajstić information content (AvgIpc) is 3.81. The van der Waals surface area contributed by atoms with Gasteiger partial charge in [-0.3, -0.25) is 15.0 Å². The zero-order valence-electron chi connectivity index (χ0n) is 23.2. The third kappa shape index (κ3) is 4.13. The Labute approximate surface area is 247 Å². The molecule has 2 aromatic carbocycles. The largest absolute Gasteiger partial charge is 0.461 e. The van der Waals surface area contributed by atoms with Crippen molar-refractivity contribution in [1.29, 1.82) is 0 Å². The average molecular weight is 584 g/mol.